The van der Waals surface area contributed by atoms with Crippen molar-refractivity contribution < 1.29 is 9.47 Å². The van der Waals surface area contributed by atoms with Gasteiger partial charge in [0.25, 0.3) is 0 Å². The minimum atomic E-state index is 0.234. The van der Waals surface area contributed by atoms with Gasteiger partial charge in [-0.05, 0) is 25.0 Å². The Kier molecular flexibility index (Phi) is 5.66. The molecule has 1 aromatic rings. The molecule has 0 radical (unpaired) electrons. The number of rotatable bonds is 6. The summed E-state index contributed by atoms with van der Waals surface area (Å²) < 4.78 is 10.7. The first-order valence-electron chi connectivity index (χ1n) is 7.72. The zero-order valence-electron chi connectivity index (χ0n) is 14.0. The Labute approximate surface area is 133 Å². The van der Waals surface area contributed by atoms with Gasteiger partial charge in [0.1, 0.15) is 5.75 Å². The summed E-state index contributed by atoms with van der Waals surface area (Å²) in [6.07, 6.45) is 0.895. The first-order valence-corrected chi connectivity index (χ1v) is 7.72. The Balaban J connectivity index is 1.80. The fraction of sp³-hybridized carbons (Fsp3) is 0.588. The minimum Gasteiger partial charge on any atom is -0.496 e. The molecule has 1 heterocycles. The van der Waals surface area contributed by atoms with Crippen molar-refractivity contribution in [3.05, 3.63) is 29.3 Å². The minimum absolute atomic E-state index is 0.234. The van der Waals surface area contributed by atoms with Crippen LogP contribution in [0.2, 0.25) is 0 Å². The number of guanidine groups is 1. The molecule has 0 saturated carbocycles. The van der Waals surface area contributed by atoms with Crippen LogP contribution in [0.15, 0.2) is 23.2 Å². The van der Waals surface area contributed by atoms with Gasteiger partial charge in [-0.1, -0.05) is 24.6 Å². The van der Waals surface area contributed by atoms with Gasteiger partial charge >= 0.3 is 0 Å². The van der Waals surface area contributed by atoms with Gasteiger partial charge < -0.3 is 20.1 Å². The molecule has 5 nitrogen and oxygen atoms in total. The number of aryl methyl sites for hydroxylation is 1. The van der Waals surface area contributed by atoms with Crippen molar-refractivity contribution in [2.45, 2.75) is 20.3 Å². The van der Waals surface area contributed by atoms with Gasteiger partial charge in [0.2, 0.25) is 0 Å². The van der Waals surface area contributed by atoms with Crippen molar-refractivity contribution in [2.24, 2.45) is 10.4 Å². The smallest absolute Gasteiger partial charge is 0.191 e. The Bertz CT molecular complexity index is 525. The number of nitrogens with one attached hydrogen (secondary N) is 2. The highest BCUT2D eigenvalue weighted by Crippen LogP contribution is 2.25. The fourth-order valence-electron chi connectivity index (χ4n) is 2.49. The van der Waals surface area contributed by atoms with E-state index in [4.69, 9.17) is 9.47 Å². The second-order valence-corrected chi connectivity index (χ2v) is 6.22. The molecule has 1 aliphatic rings. The molecule has 1 aliphatic heterocycles. The molecule has 0 aliphatic carbocycles. The first-order chi connectivity index (χ1) is 10.6. The lowest BCUT2D eigenvalue weighted by molar-refractivity contribution is -0.0971. The normalized spacial score (nSPS) is 16.8. The van der Waals surface area contributed by atoms with Crippen LogP contribution in [-0.2, 0) is 11.2 Å². The molecular weight excluding hydrogens is 278 g/mol. The van der Waals surface area contributed by atoms with Crippen LogP contribution in [0.1, 0.15) is 18.1 Å². The highest BCUT2D eigenvalue weighted by Gasteiger charge is 2.33. The molecule has 1 fully saturated rings. The Morgan fingerprint density at radius 3 is 2.73 bits per heavy atom. The summed E-state index contributed by atoms with van der Waals surface area (Å²) in [5, 5.41) is 6.72. The number of nitrogens with zero attached hydrogens (tertiary/aromatic N) is 1. The average molecular weight is 305 g/mol. The van der Waals surface area contributed by atoms with E-state index in [1.54, 1.807) is 14.2 Å². The molecule has 2 N–H and O–H groups in total. The molecule has 122 valence electrons. The average Bonchev–Trinajstić information content (AvgIpc) is 2.49. The molecule has 0 unspecified atom stereocenters. The third kappa shape index (κ3) is 4.37. The lowest BCUT2D eigenvalue weighted by atomic mass is 9.89. The number of ether oxygens (including phenoxy) is 2. The highest BCUT2D eigenvalue weighted by atomic mass is 16.5. The SMILES string of the molecule is CN=C(NCCc1cc(C)ccc1OC)NCC1(C)COC1. The molecule has 1 saturated heterocycles. The summed E-state index contributed by atoms with van der Waals surface area (Å²) in [6.45, 7) is 7.63. The van der Waals surface area contributed by atoms with Crippen LogP contribution in [-0.4, -0.2) is 46.4 Å². The van der Waals surface area contributed by atoms with Crippen molar-refractivity contribution >= 4 is 5.96 Å². The van der Waals surface area contributed by atoms with Crippen LogP contribution in [0, 0.1) is 12.3 Å². The zero-order chi connectivity index (χ0) is 16.0. The van der Waals surface area contributed by atoms with E-state index in [9.17, 15) is 0 Å². The maximum Gasteiger partial charge on any atom is 0.191 e. The third-order valence-electron chi connectivity index (χ3n) is 3.93. The van der Waals surface area contributed by atoms with Crippen LogP contribution < -0.4 is 15.4 Å². The van der Waals surface area contributed by atoms with Crippen molar-refractivity contribution in [3.63, 3.8) is 0 Å². The summed E-state index contributed by atoms with van der Waals surface area (Å²) >= 11 is 0. The Morgan fingerprint density at radius 1 is 1.36 bits per heavy atom. The Morgan fingerprint density at radius 2 is 2.14 bits per heavy atom. The van der Waals surface area contributed by atoms with E-state index in [1.165, 1.54) is 11.1 Å². The van der Waals surface area contributed by atoms with Gasteiger partial charge in [0.15, 0.2) is 5.96 Å². The largest absolute Gasteiger partial charge is 0.496 e. The predicted octanol–water partition coefficient (Wildman–Crippen LogP) is 1.75. The molecule has 1 aromatic carbocycles. The van der Waals surface area contributed by atoms with Gasteiger partial charge in [-0.2, -0.15) is 0 Å². The maximum atomic E-state index is 5.41. The van der Waals surface area contributed by atoms with E-state index in [2.05, 4.69) is 41.6 Å². The lowest BCUT2D eigenvalue weighted by Gasteiger charge is -2.38. The molecule has 22 heavy (non-hydrogen) atoms. The summed E-state index contributed by atoms with van der Waals surface area (Å²) in [7, 11) is 3.51. The summed E-state index contributed by atoms with van der Waals surface area (Å²) in [6, 6.07) is 6.26. The van der Waals surface area contributed by atoms with Gasteiger partial charge in [-0.15, -0.1) is 0 Å². The predicted molar refractivity (Wildman–Crippen MR) is 89.7 cm³/mol. The summed E-state index contributed by atoms with van der Waals surface area (Å²) in [4.78, 5) is 4.26. The van der Waals surface area contributed by atoms with Crippen molar-refractivity contribution in [1.82, 2.24) is 10.6 Å². The second-order valence-electron chi connectivity index (χ2n) is 6.22. The maximum absolute atomic E-state index is 5.41. The van der Waals surface area contributed by atoms with Crippen molar-refractivity contribution in [1.29, 1.82) is 0 Å². The van der Waals surface area contributed by atoms with Crippen molar-refractivity contribution in [3.8, 4) is 5.75 Å². The second kappa shape index (κ2) is 7.49. The van der Waals surface area contributed by atoms with E-state index < -0.39 is 0 Å². The van der Waals surface area contributed by atoms with E-state index >= 15 is 0 Å². The molecule has 0 aromatic heterocycles. The van der Waals surface area contributed by atoms with Gasteiger partial charge in [0.05, 0.1) is 20.3 Å². The van der Waals surface area contributed by atoms with Gasteiger partial charge in [0, 0.05) is 25.6 Å². The monoisotopic (exact) mass is 305 g/mol. The molecule has 0 atom stereocenters. The van der Waals surface area contributed by atoms with Gasteiger partial charge in [-0.25, -0.2) is 0 Å². The van der Waals surface area contributed by atoms with Crippen LogP contribution in [0.25, 0.3) is 0 Å². The van der Waals surface area contributed by atoms with Gasteiger partial charge in [-0.3, -0.25) is 4.99 Å². The topological polar surface area (TPSA) is 54.9 Å². The lowest BCUT2D eigenvalue weighted by Crippen LogP contribution is -2.51. The highest BCUT2D eigenvalue weighted by molar-refractivity contribution is 5.79. The van der Waals surface area contributed by atoms with E-state index in [0.29, 0.717) is 0 Å². The van der Waals surface area contributed by atoms with Crippen LogP contribution in [0.3, 0.4) is 0 Å². The van der Waals surface area contributed by atoms with E-state index in [1.807, 2.05) is 6.07 Å². The number of methoxy groups -OCH3 is 1. The number of benzene rings is 1. The van der Waals surface area contributed by atoms with Crippen LogP contribution in [0.4, 0.5) is 0 Å². The standard InChI is InChI=1S/C17H27N3O2/c1-13-5-6-15(21-4)14(9-13)7-8-19-16(18-3)20-10-17(2)11-22-12-17/h5-6,9H,7-8,10-12H2,1-4H3,(H2,18,19,20). The quantitative estimate of drug-likeness (QED) is 0.621. The van der Waals surface area contributed by atoms with E-state index in [0.717, 1.165) is 44.4 Å². The fourth-order valence-corrected chi connectivity index (χ4v) is 2.49. The number of hydrogen-bond acceptors (Lipinski definition) is 3. The zero-order valence-corrected chi connectivity index (χ0v) is 14.0. The molecule has 5 heteroatoms. The van der Waals surface area contributed by atoms with Crippen LogP contribution >= 0.6 is 0 Å². The third-order valence-corrected chi connectivity index (χ3v) is 3.93. The molecule has 2 rings (SSSR count). The summed E-state index contributed by atoms with van der Waals surface area (Å²) in [5.41, 5.74) is 2.69. The molecule has 0 bridgehead atoms. The molecule has 0 spiro atoms. The van der Waals surface area contributed by atoms with E-state index in [-0.39, 0.29) is 5.41 Å². The summed E-state index contributed by atoms with van der Waals surface area (Å²) in [5.74, 6) is 1.77. The number of hydrogen-bond donors (Lipinski definition) is 2. The van der Waals surface area contributed by atoms with Crippen LogP contribution in [0.5, 0.6) is 5.75 Å². The first kappa shape index (κ1) is 16.6. The Hall–Kier alpha value is -1.75. The van der Waals surface area contributed by atoms with Crippen molar-refractivity contribution in [2.75, 3.05) is 40.5 Å². The molecule has 0 amide bonds. The molecular formula is C17H27N3O2. The number of aliphatic imine (C=N–C) groups is 1.